The van der Waals surface area contributed by atoms with Crippen LogP contribution in [0.15, 0.2) is 48.5 Å². The number of carbonyl (C=O) groups excluding carboxylic acids is 3. The van der Waals surface area contributed by atoms with Crippen LogP contribution in [0.4, 0.5) is 5.69 Å². The first-order chi connectivity index (χ1) is 13.3. The zero-order valence-electron chi connectivity index (χ0n) is 15.0. The summed E-state index contributed by atoms with van der Waals surface area (Å²) in [5.74, 6) is -2.22. The van der Waals surface area contributed by atoms with E-state index in [-0.39, 0.29) is 11.3 Å². The quantitative estimate of drug-likeness (QED) is 0.436. The van der Waals surface area contributed by atoms with Crippen LogP contribution in [0.2, 0.25) is 0 Å². The zero-order valence-corrected chi connectivity index (χ0v) is 15.0. The number of ether oxygens (including phenoxy) is 2. The molecule has 0 aliphatic heterocycles. The van der Waals surface area contributed by atoms with Gasteiger partial charge >= 0.3 is 11.7 Å². The zero-order chi connectivity index (χ0) is 20.7. The summed E-state index contributed by atoms with van der Waals surface area (Å²) >= 11 is 0. The first kappa shape index (κ1) is 20.4. The van der Waals surface area contributed by atoms with Crippen molar-refractivity contribution in [2.45, 2.75) is 13.0 Å². The summed E-state index contributed by atoms with van der Waals surface area (Å²) in [7, 11) is 1.15. The van der Waals surface area contributed by atoms with Gasteiger partial charge in [0.15, 0.2) is 11.9 Å². The molecule has 0 heterocycles. The summed E-state index contributed by atoms with van der Waals surface area (Å²) in [5.41, 5.74) is 4.20. The standard InChI is InChI=1S/C18H17N3O7/c1-11(16(22)19-20-17(23)12-6-4-3-5-7-12)28-15-9-8-13(18(24)27-2)10-14(15)21(25)26/h3-11H,1-2H3,(H,19,22)(H,20,23)/t11-/m0/s1. The lowest BCUT2D eigenvalue weighted by Gasteiger charge is -2.15. The lowest BCUT2D eigenvalue weighted by Crippen LogP contribution is -2.47. The summed E-state index contributed by atoms with van der Waals surface area (Å²) in [6.45, 7) is 1.35. The van der Waals surface area contributed by atoms with Crippen molar-refractivity contribution in [1.82, 2.24) is 10.9 Å². The number of nitrogens with zero attached hydrogens (tertiary/aromatic N) is 1. The van der Waals surface area contributed by atoms with E-state index in [9.17, 15) is 24.5 Å². The largest absolute Gasteiger partial charge is 0.474 e. The number of nitro benzene ring substituents is 1. The molecule has 0 aliphatic rings. The molecular formula is C18H17N3O7. The molecule has 1 atom stereocenters. The molecule has 0 aromatic heterocycles. The van der Waals surface area contributed by atoms with Crippen LogP contribution in [0.3, 0.4) is 0 Å². The lowest BCUT2D eigenvalue weighted by atomic mass is 10.2. The highest BCUT2D eigenvalue weighted by Crippen LogP contribution is 2.29. The van der Waals surface area contributed by atoms with Gasteiger partial charge in [0.25, 0.3) is 11.8 Å². The second-order valence-corrected chi connectivity index (χ2v) is 5.50. The van der Waals surface area contributed by atoms with Crippen LogP contribution in [-0.2, 0) is 9.53 Å². The Morgan fingerprint density at radius 1 is 1.04 bits per heavy atom. The average Bonchev–Trinajstić information content (AvgIpc) is 2.71. The third-order valence-corrected chi connectivity index (χ3v) is 3.58. The molecule has 2 aromatic rings. The first-order valence-corrected chi connectivity index (χ1v) is 8.02. The molecule has 0 saturated carbocycles. The number of nitro groups is 1. The Kier molecular flexibility index (Phi) is 6.63. The molecule has 0 radical (unpaired) electrons. The number of carbonyl (C=O) groups is 3. The Labute approximate surface area is 159 Å². The number of amides is 2. The maximum atomic E-state index is 12.1. The molecule has 0 bridgehead atoms. The van der Waals surface area contributed by atoms with Crippen LogP contribution in [0.5, 0.6) is 5.75 Å². The summed E-state index contributed by atoms with van der Waals surface area (Å²) in [4.78, 5) is 46.0. The Balaban J connectivity index is 2.04. The van der Waals surface area contributed by atoms with Gasteiger partial charge in [-0.25, -0.2) is 4.79 Å². The molecule has 10 nitrogen and oxygen atoms in total. The minimum Gasteiger partial charge on any atom is -0.474 e. The van der Waals surface area contributed by atoms with E-state index in [1.54, 1.807) is 30.3 Å². The fourth-order valence-corrected chi connectivity index (χ4v) is 2.13. The molecule has 2 rings (SSSR count). The van der Waals surface area contributed by atoms with Gasteiger partial charge in [-0.3, -0.25) is 30.6 Å². The Morgan fingerprint density at radius 3 is 2.32 bits per heavy atom. The normalized spacial score (nSPS) is 11.1. The van der Waals surface area contributed by atoms with E-state index < -0.39 is 34.5 Å². The number of rotatable bonds is 6. The molecule has 0 fully saturated rings. The number of esters is 1. The summed E-state index contributed by atoms with van der Waals surface area (Å²) in [6.07, 6.45) is -1.17. The minimum absolute atomic E-state index is 0.0335. The molecule has 0 spiro atoms. The summed E-state index contributed by atoms with van der Waals surface area (Å²) < 4.78 is 9.83. The van der Waals surface area contributed by atoms with Crippen molar-refractivity contribution in [1.29, 1.82) is 0 Å². The molecule has 2 amide bonds. The van der Waals surface area contributed by atoms with Crippen molar-refractivity contribution in [3.05, 3.63) is 69.8 Å². The van der Waals surface area contributed by atoms with Gasteiger partial charge in [0, 0.05) is 11.6 Å². The number of methoxy groups -OCH3 is 1. The highest BCUT2D eigenvalue weighted by molar-refractivity contribution is 5.95. The van der Waals surface area contributed by atoms with Gasteiger partial charge in [-0.15, -0.1) is 0 Å². The predicted octanol–water partition coefficient (Wildman–Crippen LogP) is 1.61. The van der Waals surface area contributed by atoms with Crippen LogP contribution in [0.25, 0.3) is 0 Å². The van der Waals surface area contributed by atoms with Crippen LogP contribution in [0.1, 0.15) is 27.6 Å². The Bertz CT molecular complexity index is 899. The third kappa shape index (κ3) is 5.04. The maximum absolute atomic E-state index is 12.1. The first-order valence-electron chi connectivity index (χ1n) is 8.02. The van der Waals surface area contributed by atoms with Gasteiger partial charge in [-0.05, 0) is 31.2 Å². The van der Waals surface area contributed by atoms with Crippen LogP contribution < -0.4 is 15.6 Å². The van der Waals surface area contributed by atoms with Crippen molar-refractivity contribution in [3.8, 4) is 5.75 Å². The van der Waals surface area contributed by atoms with E-state index in [1.807, 2.05) is 0 Å². The van der Waals surface area contributed by atoms with Crippen molar-refractivity contribution in [2.24, 2.45) is 0 Å². The van der Waals surface area contributed by atoms with E-state index in [0.717, 1.165) is 13.2 Å². The number of hydrazine groups is 1. The molecule has 0 aliphatic carbocycles. The Morgan fingerprint density at radius 2 is 1.71 bits per heavy atom. The fraction of sp³-hybridized carbons (Fsp3) is 0.167. The topological polar surface area (TPSA) is 137 Å². The van der Waals surface area contributed by atoms with Gasteiger partial charge in [-0.1, -0.05) is 18.2 Å². The average molecular weight is 387 g/mol. The van der Waals surface area contributed by atoms with Gasteiger partial charge in [0.2, 0.25) is 0 Å². The number of nitrogens with one attached hydrogen (secondary N) is 2. The van der Waals surface area contributed by atoms with Crippen molar-refractivity contribution >= 4 is 23.5 Å². The monoisotopic (exact) mass is 387 g/mol. The van der Waals surface area contributed by atoms with Gasteiger partial charge in [0.05, 0.1) is 17.6 Å². The van der Waals surface area contributed by atoms with E-state index >= 15 is 0 Å². The maximum Gasteiger partial charge on any atom is 0.338 e. The summed E-state index contributed by atoms with van der Waals surface area (Å²) in [6, 6.07) is 11.7. The van der Waals surface area contributed by atoms with Crippen molar-refractivity contribution < 1.29 is 28.8 Å². The number of hydrogen-bond acceptors (Lipinski definition) is 7. The minimum atomic E-state index is -1.17. The molecule has 2 N–H and O–H groups in total. The predicted molar refractivity (Wildman–Crippen MR) is 96.6 cm³/mol. The highest BCUT2D eigenvalue weighted by Gasteiger charge is 2.23. The smallest absolute Gasteiger partial charge is 0.338 e. The van der Waals surface area contributed by atoms with E-state index in [4.69, 9.17) is 4.74 Å². The molecule has 146 valence electrons. The molecule has 0 unspecified atom stereocenters. The van der Waals surface area contributed by atoms with E-state index in [2.05, 4.69) is 15.6 Å². The number of hydrogen-bond donors (Lipinski definition) is 2. The van der Waals surface area contributed by atoms with Crippen LogP contribution in [-0.4, -0.2) is 35.9 Å². The number of benzene rings is 2. The third-order valence-electron chi connectivity index (χ3n) is 3.58. The molecule has 0 saturated heterocycles. The molecule has 28 heavy (non-hydrogen) atoms. The van der Waals surface area contributed by atoms with Crippen molar-refractivity contribution in [3.63, 3.8) is 0 Å². The van der Waals surface area contributed by atoms with Crippen LogP contribution in [0, 0.1) is 10.1 Å². The SMILES string of the molecule is COC(=O)c1ccc(O[C@@H](C)C(=O)NNC(=O)c2ccccc2)c([N+](=O)[O-])c1. The van der Waals surface area contributed by atoms with Gasteiger partial charge in [0.1, 0.15) is 0 Å². The second kappa shape index (κ2) is 9.12. The van der Waals surface area contributed by atoms with Gasteiger partial charge in [-0.2, -0.15) is 0 Å². The molecular weight excluding hydrogens is 370 g/mol. The Hall–Kier alpha value is -3.95. The van der Waals surface area contributed by atoms with Gasteiger partial charge < -0.3 is 9.47 Å². The molecule has 2 aromatic carbocycles. The summed E-state index contributed by atoms with van der Waals surface area (Å²) in [5, 5.41) is 11.2. The lowest BCUT2D eigenvalue weighted by molar-refractivity contribution is -0.386. The van der Waals surface area contributed by atoms with E-state index in [1.165, 1.54) is 19.1 Å². The second-order valence-electron chi connectivity index (χ2n) is 5.50. The van der Waals surface area contributed by atoms with Crippen LogP contribution >= 0.6 is 0 Å². The molecule has 10 heteroatoms. The van der Waals surface area contributed by atoms with Crippen molar-refractivity contribution in [2.75, 3.05) is 7.11 Å². The highest BCUT2D eigenvalue weighted by atomic mass is 16.6. The van der Waals surface area contributed by atoms with E-state index in [0.29, 0.717) is 5.56 Å². The fourth-order valence-electron chi connectivity index (χ4n) is 2.13.